The van der Waals surface area contributed by atoms with Crippen molar-refractivity contribution < 1.29 is 22.4 Å². The molecule has 0 aliphatic heterocycles. The second kappa shape index (κ2) is 9.44. The molecule has 0 radical (unpaired) electrons. The molecule has 2 aromatic carbocycles. The first-order valence-electron chi connectivity index (χ1n) is 10.5. The zero-order valence-electron chi connectivity index (χ0n) is 18.4. The topological polar surface area (TPSA) is 128 Å². The lowest BCUT2D eigenvalue weighted by atomic mass is 10.1. The van der Waals surface area contributed by atoms with Gasteiger partial charge in [-0.15, -0.1) is 10.2 Å². The number of anilines is 1. The van der Waals surface area contributed by atoms with Crippen molar-refractivity contribution in [2.75, 3.05) is 17.7 Å². The first-order chi connectivity index (χ1) is 16.3. The Morgan fingerprint density at radius 2 is 1.82 bits per heavy atom. The third-order valence-corrected chi connectivity index (χ3v) is 6.64. The van der Waals surface area contributed by atoms with E-state index >= 15 is 0 Å². The largest absolute Gasteiger partial charge is 0.490 e. The summed E-state index contributed by atoms with van der Waals surface area (Å²) in [6, 6.07) is 16.3. The number of carbonyl (C=O) groups is 1. The van der Waals surface area contributed by atoms with Crippen molar-refractivity contribution in [2.45, 2.75) is 18.9 Å². The Kier molecular flexibility index (Phi) is 6.42. The Labute approximate surface area is 195 Å². The zero-order chi connectivity index (χ0) is 24.3. The highest BCUT2D eigenvalue weighted by molar-refractivity contribution is 7.91. The van der Waals surface area contributed by atoms with Crippen molar-refractivity contribution >= 4 is 32.4 Å². The summed E-state index contributed by atoms with van der Waals surface area (Å²) in [7, 11) is -3.45. The molecule has 2 heterocycles. The van der Waals surface area contributed by atoms with Crippen LogP contribution in [0.2, 0.25) is 0 Å². The first kappa shape index (κ1) is 23.1. The number of rotatable bonds is 7. The van der Waals surface area contributed by atoms with Gasteiger partial charge in [-0.25, -0.2) is 13.2 Å². The molecule has 10 heteroatoms. The van der Waals surface area contributed by atoms with Gasteiger partial charge in [0.1, 0.15) is 5.56 Å². The molecule has 174 valence electrons. The lowest BCUT2D eigenvalue weighted by molar-refractivity contribution is 0.102. The van der Waals surface area contributed by atoms with Crippen LogP contribution in [0, 0.1) is 0 Å². The van der Waals surface area contributed by atoms with Crippen LogP contribution < -0.4 is 15.7 Å². The number of aromatic nitrogens is 2. The van der Waals surface area contributed by atoms with Crippen molar-refractivity contribution in [2.24, 2.45) is 0 Å². The average molecular weight is 480 g/mol. The molecule has 0 saturated carbocycles. The number of fused-ring (bicyclic) bond motifs is 1. The third kappa shape index (κ3) is 4.67. The van der Waals surface area contributed by atoms with Gasteiger partial charge in [-0.2, -0.15) is 0 Å². The number of amides is 1. The minimum absolute atomic E-state index is 0.0712. The van der Waals surface area contributed by atoms with Crippen molar-refractivity contribution in [3.8, 4) is 17.0 Å². The first-order valence-corrected chi connectivity index (χ1v) is 12.2. The van der Waals surface area contributed by atoms with E-state index < -0.39 is 21.4 Å². The van der Waals surface area contributed by atoms with Gasteiger partial charge in [-0.05, 0) is 43.3 Å². The molecular formula is C24H21N3O6S. The quantitative estimate of drug-likeness (QED) is 0.397. The van der Waals surface area contributed by atoms with Crippen LogP contribution in [0.15, 0.2) is 74.9 Å². The highest BCUT2D eigenvalue weighted by Crippen LogP contribution is 2.26. The van der Waals surface area contributed by atoms with Gasteiger partial charge in [0.15, 0.2) is 26.2 Å². The number of ether oxygens (including phenoxy) is 1. The van der Waals surface area contributed by atoms with E-state index in [1.165, 1.54) is 19.1 Å². The van der Waals surface area contributed by atoms with Crippen molar-refractivity contribution in [1.29, 1.82) is 0 Å². The maximum atomic E-state index is 12.8. The van der Waals surface area contributed by atoms with E-state index in [1.54, 1.807) is 48.5 Å². The molecule has 0 fully saturated rings. The van der Waals surface area contributed by atoms with Crippen LogP contribution in [-0.2, 0) is 9.84 Å². The van der Waals surface area contributed by atoms with Gasteiger partial charge in [0, 0.05) is 16.6 Å². The summed E-state index contributed by atoms with van der Waals surface area (Å²) < 4.78 is 34.7. The molecule has 0 bridgehead atoms. The second-order valence-corrected chi connectivity index (χ2v) is 9.48. The van der Waals surface area contributed by atoms with Gasteiger partial charge >= 0.3 is 5.63 Å². The number of hydrogen-bond acceptors (Lipinski definition) is 8. The molecule has 0 aliphatic rings. The number of benzene rings is 2. The summed E-state index contributed by atoms with van der Waals surface area (Å²) >= 11 is 0. The Morgan fingerprint density at radius 1 is 1.03 bits per heavy atom. The number of nitrogens with one attached hydrogen (secondary N) is 1. The maximum Gasteiger partial charge on any atom is 0.349 e. The van der Waals surface area contributed by atoms with E-state index in [2.05, 4.69) is 15.5 Å². The third-order valence-electron chi connectivity index (χ3n) is 5.02. The molecule has 4 rings (SSSR count). The van der Waals surface area contributed by atoms with Gasteiger partial charge in [-0.1, -0.05) is 31.2 Å². The highest BCUT2D eigenvalue weighted by atomic mass is 32.2. The summed E-state index contributed by atoms with van der Waals surface area (Å²) in [4.78, 5) is 25.3. The molecule has 1 amide bonds. The summed E-state index contributed by atoms with van der Waals surface area (Å²) in [5, 5.41) is 10.9. The Bertz CT molecular complexity index is 1530. The molecule has 0 spiro atoms. The molecule has 4 aromatic rings. The predicted molar refractivity (Wildman–Crippen MR) is 127 cm³/mol. The van der Waals surface area contributed by atoms with Gasteiger partial charge in [0.05, 0.1) is 18.1 Å². The molecule has 0 saturated heterocycles. The molecule has 0 unspecified atom stereocenters. The minimum Gasteiger partial charge on any atom is -0.490 e. The van der Waals surface area contributed by atoms with Gasteiger partial charge in [0.25, 0.3) is 5.91 Å². The smallest absolute Gasteiger partial charge is 0.349 e. The number of hydrogen-bond donors (Lipinski definition) is 1. The fourth-order valence-corrected chi connectivity index (χ4v) is 4.02. The molecule has 2 aromatic heterocycles. The van der Waals surface area contributed by atoms with Gasteiger partial charge in [0.2, 0.25) is 0 Å². The predicted octanol–water partition coefficient (Wildman–Crippen LogP) is 3.69. The lowest BCUT2D eigenvalue weighted by Crippen LogP contribution is -2.20. The van der Waals surface area contributed by atoms with Crippen LogP contribution in [0.3, 0.4) is 0 Å². The lowest BCUT2D eigenvalue weighted by Gasteiger charge is -2.09. The zero-order valence-corrected chi connectivity index (χ0v) is 19.3. The SMILES string of the molecule is CCOc1cccc2cc(C(=O)Nc3cccc(-c4ccc(S(=O)(=O)CC)nn4)c3)c(=O)oc12. The summed E-state index contributed by atoms with van der Waals surface area (Å²) in [5.74, 6) is -0.279. The molecule has 0 atom stereocenters. The van der Waals surface area contributed by atoms with E-state index in [9.17, 15) is 18.0 Å². The average Bonchev–Trinajstić information content (AvgIpc) is 2.84. The number of nitrogens with zero attached hydrogens (tertiary/aromatic N) is 2. The van der Waals surface area contributed by atoms with Crippen LogP contribution in [0.25, 0.3) is 22.2 Å². The standard InChI is InChI=1S/C24H21N3O6S/c1-3-32-20-10-6-8-16-14-18(24(29)33-22(16)20)23(28)25-17-9-5-7-15(13-17)19-11-12-21(27-26-19)34(30,31)4-2/h5-14H,3-4H2,1-2H3,(H,25,28). The second-order valence-electron chi connectivity index (χ2n) is 7.25. The van der Waals surface area contributed by atoms with Crippen LogP contribution in [-0.4, -0.2) is 36.9 Å². The van der Waals surface area contributed by atoms with Gasteiger partial charge in [-0.3, -0.25) is 4.79 Å². The monoisotopic (exact) mass is 479 g/mol. The molecule has 0 aliphatic carbocycles. The Balaban J connectivity index is 1.60. The van der Waals surface area contributed by atoms with E-state index in [1.807, 2.05) is 6.92 Å². The molecule has 1 N–H and O–H groups in total. The van der Waals surface area contributed by atoms with Crippen molar-refractivity contribution in [3.63, 3.8) is 0 Å². The van der Waals surface area contributed by atoms with Crippen molar-refractivity contribution in [3.05, 3.63) is 76.6 Å². The fraction of sp³-hybridized carbons (Fsp3) is 0.167. The van der Waals surface area contributed by atoms with E-state index in [4.69, 9.17) is 9.15 Å². The summed E-state index contributed by atoms with van der Waals surface area (Å²) in [5.41, 5.74) is 0.793. The van der Waals surface area contributed by atoms with E-state index in [-0.39, 0.29) is 21.9 Å². The summed E-state index contributed by atoms with van der Waals surface area (Å²) in [6.07, 6.45) is 0. The minimum atomic E-state index is -3.45. The number of para-hydroxylation sites is 1. The number of carbonyl (C=O) groups excluding carboxylic acids is 1. The van der Waals surface area contributed by atoms with Crippen LogP contribution in [0.5, 0.6) is 5.75 Å². The maximum absolute atomic E-state index is 12.8. The molecular weight excluding hydrogens is 458 g/mol. The van der Waals surface area contributed by atoms with E-state index in [0.717, 1.165) is 0 Å². The van der Waals surface area contributed by atoms with Crippen LogP contribution in [0.1, 0.15) is 24.2 Å². The Morgan fingerprint density at radius 3 is 2.53 bits per heavy atom. The normalized spacial score (nSPS) is 11.4. The highest BCUT2D eigenvalue weighted by Gasteiger charge is 2.17. The molecule has 34 heavy (non-hydrogen) atoms. The Hall–Kier alpha value is -4.05. The summed E-state index contributed by atoms with van der Waals surface area (Å²) in [6.45, 7) is 3.76. The molecule has 9 nitrogen and oxygen atoms in total. The van der Waals surface area contributed by atoms with Gasteiger partial charge < -0.3 is 14.5 Å². The van der Waals surface area contributed by atoms with Crippen LogP contribution >= 0.6 is 0 Å². The van der Waals surface area contributed by atoms with Crippen LogP contribution in [0.4, 0.5) is 5.69 Å². The fourth-order valence-electron chi connectivity index (χ4n) is 3.29. The van der Waals surface area contributed by atoms with Crippen molar-refractivity contribution in [1.82, 2.24) is 10.2 Å². The van der Waals surface area contributed by atoms with E-state index in [0.29, 0.717) is 34.7 Å². The number of sulfone groups is 1.